The van der Waals surface area contributed by atoms with Crippen LogP contribution in [0.5, 0.6) is 0 Å². The maximum absolute atomic E-state index is 12.7. The molecule has 0 bridgehead atoms. The van der Waals surface area contributed by atoms with Gasteiger partial charge in [0.25, 0.3) is 0 Å². The van der Waals surface area contributed by atoms with Crippen LogP contribution in [-0.4, -0.2) is 48.0 Å². The molecule has 2 rings (SSSR count). The lowest BCUT2D eigenvalue weighted by Gasteiger charge is -2.24. The number of rotatable bonds is 7. The first-order valence-corrected chi connectivity index (χ1v) is 11.6. The summed E-state index contributed by atoms with van der Waals surface area (Å²) in [5.41, 5.74) is -0.226. The number of thioether (sulfide) groups is 1. The van der Waals surface area contributed by atoms with Gasteiger partial charge in [0.2, 0.25) is 15.9 Å². The monoisotopic (exact) mass is 399 g/mol. The SMILES string of the molecule is CCC(C)(C)NC(=O)CSc1ccc(S(=O)(=O)N2CCCCCC2)cn1. The molecule has 146 valence electrons. The predicted molar refractivity (Wildman–Crippen MR) is 105 cm³/mol. The molecule has 1 aromatic rings. The lowest BCUT2D eigenvalue weighted by atomic mass is 10.0. The minimum Gasteiger partial charge on any atom is -0.351 e. The van der Waals surface area contributed by atoms with Crippen molar-refractivity contribution >= 4 is 27.7 Å². The zero-order valence-corrected chi connectivity index (χ0v) is 17.5. The Morgan fingerprint density at radius 2 is 1.88 bits per heavy atom. The van der Waals surface area contributed by atoms with Crippen LogP contribution in [0.4, 0.5) is 0 Å². The van der Waals surface area contributed by atoms with E-state index in [1.54, 1.807) is 16.4 Å². The second kappa shape index (κ2) is 9.19. The first-order valence-electron chi connectivity index (χ1n) is 9.14. The molecule has 1 aliphatic heterocycles. The van der Waals surface area contributed by atoms with Gasteiger partial charge < -0.3 is 5.32 Å². The van der Waals surface area contributed by atoms with Gasteiger partial charge >= 0.3 is 0 Å². The van der Waals surface area contributed by atoms with Gasteiger partial charge in [0, 0.05) is 24.8 Å². The van der Waals surface area contributed by atoms with Crippen LogP contribution in [0.2, 0.25) is 0 Å². The zero-order chi connectivity index (χ0) is 19.2. The predicted octanol–water partition coefficient (Wildman–Crippen LogP) is 3.04. The molecule has 1 N–H and O–H groups in total. The van der Waals surface area contributed by atoms with Crippen molar-refractivity contribution in [1.82, 2.24) is 14.6 Å². The summed E-state index contributed by atoms with van der Waals surface area (Å²) in [5.74, 6) is 0.208. The van der Waals surface area contributed by atoms with Gasteiger partial charge in [-0.3, -0.25) is 4.79 Å². The number of hydrogen-bond donors (Lipinski definition) is 1. The number of carbonyl (C=O) groups excluding carboxylic acids is 1. The Bertz CT molecular complexity index is 695. The molecular weight excluding hydrogens is 370 g/mol. The topological polar surface area (TPSA) is 79.4 Å². The smallest absolute Gasteiger partial charge is 0.244 e. The highest BCUT2D eigenvalue weighted by Gasteiger charge is 2.25. The number of carbonyl (C=O) groups is 1. The molecule has 2 heterocycles. The molecule has 0 atom stereocenters. The van der Waals surface area contributed by atoms with Crippen LogP contribution in [0.1, 0.15) is 52.9 Å². The number of pyridine rings is 1. The van der Waals surface area contributed by atoms with Crippen molar-refractivity contribution in [3.63, 3.8) is 0 Å². The average Bonchev–Trinajstić information content (AvgIpc) is 2.90. The van der Waals surface area contributed by atoms with Crippen molar-refractivity contribution in [2.45, 2.75) is 68.3 Å². The molecule has 0 radical (unpaired) electrons. The van der Waals surface area contributed by atoms with Crippen LogP contribution < -0.4 is 5.32 Å². The van der Waals surface area contributed by atoms with E-state index in [-0.39, 0.29) is 22.1 Å². The highest BCUT2D eigenvalue weighted by Crippen LogP contribution is 2.22. The number of sulfonamides is 1. The fourth-order valence-corrected chi connectivity index (χ4v) is 4.78. The second-order valence-electron chi connectivity index (χ2n) is 7.22. The summed E-state index contributed by atoms with van der Waals surface area (Å²) in [6, 6.07) is 3.26. The van der Waals surface area contributed by atoms with E-state index in [0.717, 1.165) is 32.1 Å². The van der Waals surface area contributed by atoms with E-state index >= 15 is 0 Å². The van der Waals surface area contributed by atoms with Gasteiger partial charge in [-0.15, -0.1) is 0 Å². The molecule has 26 heavy (non-hydrogen) atoms. The van der Waals surface area contributed by atoms with E-state index in [2.05, 4.69) is 10.3 Å². The fourth-order valence-electron chi connectivity index (χ4n) is 2.68. The van der Waals surface area contributed by atoms with Crippen molar-refractivity contribution in [2.75, 3.05) is 18.8 Å². The van der Waals surface area contributed by atoms with Crippen LogP contribution in [0.3, 0.4) is 0 Å². The van der Waals surface area contributed by atoms with Crippen LogP contribution in [0.15, 0.2) is 28.3 Å². The quantitative estimate of drug-likeness (QED) is 0.713. The highest BCUT2D eigenvalue weighted by atomic mass is 32.2. The van der Waals surface area contributed by atoms with Crippen LogP contribution in [0.25, 0.3) is 0 Å². The van der Waals surface area contributed by atoms with Crippen molar-refractivity contribution in [1.29, 1.82) is 0 Å². The molecule has 0 unspecified atom stereocenters. The molecule has 1 aromatic heterocycles. The van der Waals surface area contributed by atoms with Crippen molar-refractivity contribution < 1.29 is 13.2 Å². The largest absolute Gasteiger partial charge is 0.351 e. The summed E-state index contributed by atoms with van der Waals surface area (Å²) in [5, 5.41) is 3.61. The van der Waals surface area contributed by atoms with E-state index in [1.807, 2.05) is 20.8 Å². The van der Waals surface area contributed by atoms with Gasteiger partial charge in [-0.25, -0.2) is 13.4 Å². The van der Waals surface area contributed by atoms with E-state index < -0.39 is 10.0 Å². The molecule has 0 spiro atoms. The van der Waals surface area contributed by atoms with Gasteiger partial charge in [-0.1, -0.05) is 31.5 Å². The molecule has 0 aliphatic carbocycles. The van der Waals surface area contributed by atoms with Gasteiger partial charge in [0.1, 0.15) is 4.90 Å². The van der Waals surface area contributed by atoms with Crippen molar-refractivity contribution in [2.24, 2.45) is 0 Å². The molecule has 1 fully saturated rings. The first-order chi connectivity index (χ1) is 12.2. The Hall–Kier alpha value is -1.12. The first kappa shape index (κ1) is 21.2. The Kier molecular flexibility index (Phi) is 7.49. The van der Waals surface area contributed by atoms with E-state index in [0.29, 0.717) is 18.1 Å². The minimum atomic E-state index is -3.48. The maximum Gasteiger partial charge on any atom is 0.244 e. The van der Waals surface area contributed by atoms with Crippen LogP contribution in [-0.2, 0) is 14.8 Å². The summed E-state index contributed by atoms with van der Waals surface area (Å²) in [4.78, 5) is 16.4. The van der Waals surface area contributed by atoms with Crippen molar-refractivity contribution in [3.05, 3.63) is 18.3 Å². The molecule has 1 amide bonds. The van der Waals surface area contributed by atoms with E-state index in [1.165, 1.54) is 18.0 Å². The number of aromatic nitrogens is 1. The summed E-state index contributed by atoms with van der Waals surface area (Å²) < 4.78 is 27.0. The van der Waals surface area contributed by atoms with Gasteiger partial charge in [-0.05, 0) is 45.2 Å². The highest BCUT2D eigenvalue weighted by molar-refractivity contribution is 7.99. The third-order valence-corrected chi connectivity index (χ3v) is 7.45. The Balaban J connectivity index is 1.96. The van der Waals surface area contributed by atoms with E-state index in [4.69, 9.17) is 0 Å². The minimum absolute atomic E-state index is 0.0510. The number of nitrogens with one attached hydrogen (secondary N) is 1. The Morgan fingerprint density at radius 3 is 2.42 bits per heavy atom. The van der Waals surface area contributed by atoms with Gasteiger partial charge in [-0.2, -0.15) is 4.31 Å². The summed E-state index contributed by atoms with van der Waals surface area (Å²) in [6.45, 7) is 7.14. The second-order valence-corrected chi connectivity index (χ2v) is 10.2. The molecular formula is C18H29N3O3S2. The normalized spacial score (nSPS) is 16.9. The number of nitrogens with zero attached hydrogens (tertiary/aromatic N) is 2. The molecule has 1 aliphatic rings. The lowest BCUT2D eigenvalue weighted by molar-refractivity contribution is -0.120. The van der Waals surface area contributed by atoms with Crippen LogP contribution in [0, 0.1) is 0 Å². The number of hydrogen-bond acceptors (Lipinski definition) is 5. The fraction of sp³-hybridized carbons (Fsp3) is 0.667. The molecule has 6 nitrogen and oxygen atoms in total. The maximum atomic E-state index is 12.7. The van der Waals surface area contributed by atoms with Gasteiger partial charge in [0.05, 0.1) is 10.8 Å². The average molecular weight is 400 g/mol. The summed E-state index contributed by atoms with van der Waals surface area (Å²) in [7, 11) is -3.48. The third kappa shape index (κ3) is 5.96. The molecule has 0 saturated carbocycles. The molecule has 0 aromatic carbocycles. The van der Waals surface area contributed by atoms with Crippen molar-refractivity contribution in [3.8, 4) is 0 Å². The van der Waals surface area contributed by atoms with E-state index in [9.17, 15) is 13.2 Å². The summed E-state index contributed by atoms with van der Waals surface area (Å²) >= 11 is 1.31. The Labute approximate surface area is 161 Å². The van der Waals surface area contributed by atoms with Gasteiger partial charge in [0.15, 0.2) is 0 Å². The standard InChI is InChI=1S/C18H29N3O3S2/c1-4-18(2,3)20-16(22)14-25-17-10-9-15(13-19-17)26(23,24)21-11-7-5-6-8-12-21/h9-10,13H,4-8,11-12,14H2,1-3H3,(H,20,22). The Morgan fingerprint density at radius 1 is 1.23 bits per heavy atom. The third-order valence-electron chi connectivity index (χ3n) is 4.62. The molecule has 1 saturated heterocycles. The lowest BCUT2D eigenvalue weighted by Crippen LogP contribution is -2.43. The van der Waals surface area contributed by atoms with Crippen LogP contribution >= 0.6 is 11.8 Å². The summed E-state index contributed by atoms with van der Waals surface area (Å²) in [6.07, 6.45) is 6.22. The zero-order valence-electron chi connectivity index (χ0n) is 15.8. The number of amides is 1. The molecule has 8 heteroatoms.